The molecule has 3 nitrogen and oxygen atoms in total. The van der Waals surface area contributed by atoms with Gasteiger partial charge in [-0.1, -0.05) is 107 Å². The summed E-state index contributed by atoms with van der Waals surface area (Å²) in [6.45, 7) is 25.3. The monoisotopic (exact) mass is 490 g/mol. The maximum absolute atomic E-state index is 12.8. The molecular formula is C33H46O3. The van der Waals surface area contributed by atoms with Crippen molar-refractivity contribution in [1.29, 1.82) is 0 Å². The summed E-state index contributed by atoms with van der Waals surface area (Å²) in [7, 11) is 0. The lowest BCUT2D eigenvalue weighted by atomic mass is 9.78. The lowest BCUT2D eigenvalue weighted by Gasteiger charge is -2.27. The molecule has 0 aliphatic rings. The van der Waals surface area contributed by atoms with E-state index >= 15 is 0 Å². The Morgan fingerprint density at radius 1 is 0.528 bits per heavy atom. The molecular weight excluding hydrogens is 444 g/mol. The van der Waals surface area contributed by atoms with Gasteiger partial charge in [-0.15, -0.1) is 0 Å². The molecule has 2 rings (SSSR count). The Bertz CT molecular complexity index is 1090. The van der Waals surface area contributed by atoms with Gasteiger partial charge in [-0.2, -0.15) is 0 Å². The summed E-state index contributed by atoms with van der Waals surface area (Å²) in [4.78, 5) is 12.8. The highest BCUT2D eigenvalue weighted by molar-refractivity contribution is 6.04. The molecule has 0 fully saturated rings. The van der Waals surface area contributed by atoms with Crippen LogP contribution in [-0.2, 0) is 26.5 Å². The molecule has 0 radical (unpaired) electrons. The molecule has 0 atom stereocenters. The number of hydrogen-bond acceptors (Lipinski definition) is 3. The van der Waals surface area contributed by atoms with E-state index in [1.165, 1.54) is 12.2 Å². The Morgan fingerprint density at radius 2 is 0.806 bits per heavy atom. The zero-order chi connectivity index (χ0) is 27.9. The fourth-order valence-electron chi connectivity index (χ4n) is 4.38. The van der Waals surface area contributed by atoms with Crippen LogP contribution in [0.25, 0.3) is 12.2 Å². The average molecular weight is 491 g/mol. The van der Waals surface area contributed by atoms with Crippen LogP contribution in [0.15, 0.2) is 36.4 Å². The molecule has 0 aliphatic heterocycles. The highest BCUT2D eigenvalue weighted by Crippen LogP contribution is 2.39. The van der Waals surface area contributed by atoms with Gasteiger partial charge in [0, 0.05) is 0 Å². The van der Waals surface area contributed by atoms with Gasteiger partial charge in [0.25, 0.3) is 0 Å². The second-order valence-electron chi connectivity index (χ2n) is 14.0. The van der Waals surface area contributed by atoms with Crippen LogP contribution in [0.3, 0.4) is 0 Å². The highest BCUT2D eigenvalue weighted by Gasteiger charge is 2.26. The normalized spacial score (nSPS) is 13.7. The fourth-order valence-corrected chi connectivity index (χ4v) is 4.38. The first-order chi connectivity index (χ1) is 16.1. The molecule has 0 bridgehead atoms. The van der Waals surface area contributed by atoms with E-state index in [0.29, 0.717) is 0 Å². The van der Waals surface area contributed by atoms with Crippen LogP contribution in [-0.4, -0.2) is 16.0 Å². The van der Waals surface area contributed by atoms with Crippen molar-refractivity contribution in [3.8, 4) is 11.5 Å². The molecule has 196 valence electrons. The summed E-state index contributed by atoms with van der Waals surface area (Å²) in [6.07, 6.45) is 6.64. The number of hydrogen-bond donors (Lipinski definition) is 2. The predicted molar refractivity (Wildman–Crippen MR) is 154 cm³/mol. The fraction of sp³-hybridized carbons (Fsp3) is 0.485. The van der Waals surface area contributed by atoms with Crippen molar-refractivity contribution in [3.05, 3.63) is 69.8 Å². The first kappa shape index (κ1) is 29.4. The summed E-state index contributed by atoms with van der Waals surface area (Å²) < 4.78 is 0. The molecule has 0 heterocycles. The van der Waals surface area contributed by atoms with E-state index in [1.807, 2.05) is 0 Å². The number of carbonyl (C=O) groups is 1. The van der Waals surface area contributed by atoms with Crippen LogP contribution in [0.4, 0.5) is 0 Å². The number of rotatable bonds is 4. The van der Waals surface area contributed by atoms with Crippen LogP contribution in [0.2, 0.25) is 0 Å². The molecule has 2 aromatic carbocycles. The summed E-state index contributed by atoms with van der Waals surface area (Å²) in [5, 5.41) is 21.4. The van der Waals surface area contributed by atoms with E-state index in [-0.39, 0.29) is 38.9 Å². The highest BCUT2D eigenvalue weighted by atomic mass is 16.3. The SMILES string of the molecule is CC(C)(C)c1cc(C(C)(C)C)c(/C=C/C(=O)/C=C/c2cc(O)c(C(C)(C)C)cc2C(C)(C)C)cc1O. The van der Waals surface area contributed by atoms with Gasteiger partial charge < -0.3 is 10.2 Å². The van der Waals surface area contributed by atoms with Gasteiger partial charge in [-0.3, -0.25) is 4.79 Å². The summed E-state index contributed by atoms with van der Waals surface area (Å²) >= 11 is 0. The van der Waals surface area contributed by atoms with E-state index in [2.05, 4.69) is 95.2 Å². The average Bonchev–Trinajstić information content (AvgIpc) is 2.66. The molecule has 0 saturated carbocycles. The van der Waals surface area contributed by atoms with E-state index in [4.69, 9.17) is 0 Å². The summed E-state index contributed by atoms with van der Waals surface area (Å²) in [6, 6.07) is 7.64. The maximum Gasteiger partial charge on any atom is 0.178 e. The van der Waals surface area contributed by atoms with Crippen LogP contribution < -0.4 is 0 Å². The maximum atomic E-state index is 12.8. The molecule has 0 unspecified atom stereocenters. The third-order valence-corrected chi connectivity index (χ3v) is 6.42. The number of aromatic hydroxyl groups is 2. The van der Waals surface area contributed by atoms with Gasteiger partial charge in [0.1, 0.15) is 11.5 Å². The number of allylic oxidation sites excluding steroid dienone is 2. The van der Waals surface area contributed by atoms with E-state index in [0.717, 1.165) is 33.4 Å². The summed E-state index contributed by atoms with van der Waals surface area (Å²) in [5.41, 5.74) is 4.92. The second-order valence-corrected chi connectivity index (χ2v) is 14.0. The zero-order valence-corrected chi connectivity index (χ0v) is 24.4. The molecule has 2 aromatic rings. The van der Waals surface area contributed by atoms with Crippen molar-refractivity contribution < 1.29 is 15.0 Å². The standard InChI is InChI=1S/C33H46O3/c1-30(2,3)24-19-26(32(7,8)9)28(35)17-21(24)13-15-23(34)16-14-22-18-29(36)27(33(10,11)12)20-25(22)31(4,5)6/h13-20,35-36H,1-12H3/b15-13+,16-14+. The summed E-state index contributed by atoms with van der Waals surface area (Å²) in [5.74, 6) is 0.318. The van der Waals surface area contributed by atoms with Gasteiger partial charge in [0.2, 0.25) is 0 Å². The molecule has 0 spiro atoms. The van der Waals surface area contributed by atoms with Gasteiger partial charge >= 0.3 is 0 Å². The molecule has 3 heteroatoms. The first-order valence-electron chi connectivity index (χ1n) is 12.8. The molecule has 2 N–H and O–H groups in total. The Morgan fingerprint density at radius 3 is 1.06 bits per heavy atom. The van der Waals surface area contributed by atoms with Crippen molar-refractivity contribution in [2.45, 2.75) is 105 Å². The lowest BCUT2D eigenvalue weighted by Crippen LogP contribution is -2.18. The topological polar surface area (TPSA) is 57.5 Å². The number of phenolic OH excluding ortho intramolecular Hbond substituents is 2. The molecule has 0 aliphatic carbocycles. The van der Waals surface area contributed by atoms with Gasteiger partial charge in [-0.25, -0.2) is 0 Å². The number of benzene rings is 2. The Balaban J connectivity index is 2.47. The molecule has 0 amide bonds. The molecule has 0 saturated heterocycles. The van der Waals surface area contributed by atoms with Crippen molar-refractivity contribution in [2.24, 2.45) is 0 Å². The Kier molecular flexibility index (Phi) is 8.11. The van der Waals surface area contributed by atoms with Gasteiger partial charge in [0.15, 0.2) is 5.78 Å². The van der Waals surface area contributed by atoms with Crippen molar-refractivity contribution in [1.82, 2.24) is 0 Å². The largest absolute Gasteiger partial charge is 0.508 e. The minimum Gasteiger partial charge on any atom is -0.508 e. The van der Waals surface area contributed by atoms with E-state index in [9.17, 15) is 15.0 Å². The predicted octanol–water partition coefficient (Wildman–Crippen LogP) is 8.58. The third kappa shape index (κ3) is 7.12. The van der Waals surface area contributed by atoms with Crippen molar-refractivity contribution in [2.75, 3.05) is 0 Å². The van der Waals surface area contributed by atoms with Crippen molar-refractivity contribution in [3.63, 3.8) is 0 Å². The van der Waals surface area contributed by atoms with Gasteiger partial charge in [0.05, 0.1) is 0 Å². The molecule has 36 heavy (non-hydrogen) atoms. The Labute approximate surface area is 219 Å². The molecule has 0 aromatic heterocycles. The lowest BCUT2D eigenvalue weighted by molar-refractivity contribution is -0.110. The third-order valence-electron chi connectivity index (χ3n) is 6.42. The van der Waals surface area contributed by atoms with Crippen LogP contribution in [0.1, 0.15) is 116 Å². The van der Waals surface area contributed by atoms with Crippen LogP contribution >= 0.6 is 0 Å². The van der Waals surface area contributed by atoms with Crippen LogP contribution in [0.5, 0.6) is 11.5 Å². The first-order valence-corrected chi connectivity index (χ1v) is 12.8. The number of ketones is 1. The minimum atomic E-state index is -0.191. The number of carbonyl (C=O) groups excluding carboxylic acids is 1. The second kappa shape index (κ2) is 9.92. The smallest absolute Gasteiger partial charge is 0.178 e. The minimum absolute atomic E-state index is 0.153. The van der Waals surface area contributed by atoms with E-state index in [1.54, 1.807) is 24.3 Å². The van der Waals surface area contributed by atoms with Crippen LogP contribution in [0, 0.1) is 0 Å². The number of phenols is 2. The zero-order valence-electron chi connectivity index (χ0n) is 24.4. The quantitative estimate of drug-likeness (QED) is 0.422. The Hall–Kier alpha value is -2.81. The van der Waals surface area contributed by atoms with Crippen molar-refractivity contribution >= 4 is 17.9 Å². The van der Waals surface area contributed by atoms with Gasteiger partial charge in [-0.05, 0) is 79.3 Å². The van der Waals surface area contributed by atoms with E-state index < -0.39 is 0 Å².